The first-order valence-electron chi connectivity index (χ1n) is 4.99. The van der Waals surface area contributed by atoms with Crippen LogP contribution < -0.4 is 0 Å². The van der Waals surface area contributed by atoms with Crippen molar-refractivity contribution in [2.45, 2.75) is 13.3 Å². The van der Waals surface area contributed by atoms with E-state index in [1.165, 1.54) is 26.7 Å². The minimum Gasteiger partial charge on any atom is -0.473 e. The molecule has 0 N–H and O–H groups in total. The summed E-state index contributed by atoms with van der Waals surface area (Å²) in [6.07, 6.45) is 4.70. The van der Waals surface area contributed by atoms with Crippen molar-refractivity contribution >= 4 is 11.9 Å². The third-order valence-corrected chi connectivity index (χ3v) is 2.26. The number of hydrogen-bond acceptors (Lipinski definition) is 5. The fourth-order valence-corrected chi connectivity index (χ4v) is 1.46. The molecule has 1 rings (SSSR count). The van der Waals surface area contributed by atoms with E-state index in [1.54, 1.807) is 13.0 Å². The first-order chi connectivity index (χ1) is 8.11. The molecule has 0 amide bonds. The second-order valence-electron chi connectivity index (χ2n) is 3.35. The molecule has 0 fully saturated rings. The quantitative estimate of drug-likeness (QED) is 0.682. The molecule has 1 heterocycles. The molecule has 0 saturated heterocycles. The van der Waals surface area contributed by atoms with Crippen LogP contribution in [0.1, 0.15) is 13.3 Å². The number of methoxy groups -OCH3 is 2. The van der Waals surface area contributed by atoms with Crippen molar-refractivity contribution in [1.82, 2.24) is 0 Å². The summed E-state index contributed by atoms with van der Waals surface area (Å²) in [5, 5.41) is 0. The molecule has 1 aliphatic rings. The Morgan fingerprint density at radius 1 is 1.24 bits per heavy atom. The van der Waals surface area contributed by atoms with Gasteiger partial charge in [0.05, 0.1) is 37.9 Å². The third kappa shape index (κ3) is 2.96. The summed E-state index contributed by atoms with van der Waals surface area (Å²) >= 11 is 0. The first-order valence-corrected chi connectivity index (χ1v) is 4.99. The highest BCUT2D eigenvalue weighted by Crippen LogP contribution is 2.22. The zero-order valence-electron chi connectivity index (χ0n) is 9.98. The highest BCUT2D eigenvalue weighted by atomic mass is 16.5. The summed E-state index contributed by atoms with van der Waals surface area (Å²) < 4.78 is 14.3. The van der Waals surface area contributed by atoms with Crippen molar-refractivity contribution < 1.29 is 23.8 Å². The lowest BCUT2D eigenvalue weighted by atomic mass is 9.99. The van der Waals surface area contributed by atoms with Crippen LogP contribution in [0.4, 0.5) is 0 Å². The SMILES string of the molecule is COC(=O)/C1=C(C(=O)OC)/C(C)=C\O/C=C\C1. The molecule has 0 radical (unpaired) electrons. The number of rotatable bonds is 2. The average Bonchev–Trinajstić information content (AvgIpc) is 2.32. The first kappa shape index (κ1) is 13.0. The van der Waals surface area contributed by atoms with Crippen molar-refractivity contribution in [2.75, 3.05) is 14.2 Å². The largest absolute Gasteiger partial charge is 0.473 e. The molecule has 0 unspecified atom stereocenters. The summed E-state index contributed by atoms with van der Waals surface area (Å²) in [7, 11) is 2.52. The smallest absolute Gasteiger partial charge is 0.338 e. The molecule has 0 saturated carbocycles. The maximum atomic E-state index is 11.7. The highest BCUT2D eigenvalue weighted by Gasteiger charge is 2.23. The summed E-state index contributed by atoms with van der Waals surface area (Å²) in [6, 6.07) is 0. The van der Waals surface area contributed by atoms with Gasteiger partial charge in [-0.15, -0.1) is 0 Å². The lowest BCUT2D eigenvalue weighted by Gasteiger charge is -2.13. The lowest BCUT2D eigenvalue weighted by molar-refractivity contribution is -0.139. The molecule has 5 nitrogen and oxygen atoms in total. The zero-order chi connectivity index (χ0) is 12.8. The van der Waals surface area contributed by atoms with E-state index in [-0.39, 0.29) is 17.6 Å². The number of allylic oxidation sites excluding steroid dienone is 1. The van der Waals surface area contributed by atoms with Gasteiger partial charge in [-0.2, -0.15) is 0 Å². The topological polar surface area (TPSA) is 61.8 Å². The summed E-state index contributed by atoms with van der Waals surface area (Å²) in [5.74, 6) is -1.14. The number of carbonyl (C=O) groups is 2. The van der Waals surface area contributed by atoms with Gasteiger partial charge in [-0.05, 0) is 18.6 Å². The molecule has 5 heteroatoms. The Morgan fingerprint density at radius 3 is 2.47 bits per heavy atom. The average molecular weight is 238 g/mol. The van der Waals surface area contributed by atoms with Crippen LogP contribution in [0.3, 0.4) is 0 Å². The maximum absolute atomic E-state index is 11.7. The predicted molar refractivity (Wildman–Crippen MR) is 59.7 cm³/mol. The number of carbonyl (C=O) groups excluding carboxylic acids is 2. The van der Waals surface area contributed by atoms with Crippen LogP contribution in [0.25, 0.3) is 0 Å². The van der Waals surface area contributed by atoms with Gasteiger partial charge in [-0.3, -0.25) is 0 Å². The molecule has 0 aromatic rings. The van der Waals surface area contributed by atoms with Crippen molar-refractivity contribution in [3.63, 3.8) is 0 Å². The second-order valence-corrected chi connectivity index (χ2v) is 3.35. The van der Waals surface area contributed by atoms with E-state index in [2.05, 4.69) is 9.47 Å². The molecular weight excluding hydrogens is 224 g/mol. The predicted octanol–water partition coefficient (Wildman–Crippen LogP) is 1.47. The Labute approximate surface area is 99.3 Å². The Kier molecular flexibility index (Phi) is 4.51. The van der Waals surface area contributed by atoms with Crippen LogP contribution in [0.5, 0.6) is 0 Å². The van der Waals surface area contributed by atoms with Gasteiger partial charge in [0.2, 0.25) is 0 Å². The molecule has 0 aromatic heterocycles. The van der Waals surface area contributed by atoms with E-state index in [1.807, 2.05) is 0 Å². The summed E-state index contributed by atoms with van der Waals surface area (Å²) in [6.45, 7) is 1.66. The number of esters is 2. The normalized spacial score (nSPS) is 24.5. The van der Waals surface area contributed by atoms with Crippen LogP contribution in [-0.4, -0.2) is 26.2 Å². The minimum absolute atomic E-state index is 0.184. The van der Waals surface area contributed by atoms with Gasteiger partial charge in [0.1, 0.15) is 0 Å². The maximum Gasteiger partial charge on any atom is 0.338 e. The third-order valence-electron chi connectivity index (χ3n) is 2.26. The van der Waals surface area contributed by atoms with Crippen LogP contribution in [0, 0.1) is 0 Å². The fourth-order valence-electron chi connectivity index (χ4n) is 1.46. The molecule has 1 aliphatic heterocycles. The lowest BCUT2D eigenvalue weighted by Crippen LogP contribution is -2.16. The number of hydrogen-bond donors (Lipinski definition) is 0. The molecule has 92 valence electrons. The highest BCUT2D eigenvalue weighted by molar-refractivity contribution is 6.03. The molecule has 0 atom stereocenters. The van der Waals surface area contributed by atoms with Crippen LogP contribution in [-0.2, 0) is 23.8 Å². The van der Waals surface area contributed by atoms with E-state index >= 15 is 0 Å². The van der Waals surface area contributed by atoms with Gasteiger partial charge >= 0.3 is 11.9 Å². The van der Waals surface area contributed by atoms with Crippen LogP contribution in [0.2, 0.25) is 0 Å². The van der Waals surface area contributed by atoms with Gasteiger partial charge in [-0.1, -0.05) is 0 Å². The Bertz CT molecular complexity index is 415. The Morgan fingerprint density at radius 2 is 1.88 bits per heavy atom. The second kappa shape index (κ2) is 5.89. The van der Waals surface area contributed by atoms with Crippen LogP contribution >= 0.6 is 0 Å². The molecule has 0 aromatic carbocycles. The fraction of sp³-hybridized carbons (Fsp3) is 0.333. The van der Waals surface area contributed by atoms with Crippen molar-refractivity contribution in [3.05, 3.63) is 35.3 Å². The van der Waals surface area contributed by atoms with E-state index < -0.39 is 11.9 Å². The number of ether oxygens (including phenoxy) is 3. The Balaban J connectivity index is 3.33. The summed E-state index contributed by atoms with van der Waals surface area (Å²) in [5.41, 5.74) is 0.956. The standard InChI is InChI=1S/C12H14O5/c1-8-7-17-6-4-5-9(11(13)15-2)10(8)12(14)16-3/h4,6-7H,5H2,1-3H3/b6-4-,8-7-,10-9-. The van der Waals surface area contributed by atoms with E-state index in [0.717, 1.165) is 0 Å². The molecule has 0 aliphatic carbocycles. The van der Waals surface area contributed by atoms with Gasteiger partial charge in [0.15, 0.2) is 0 Å². The van der Waals surface area contributed by atoms with Gasteiger partial charge in [0.25, 0.3) is 0 Å². The molecule has 0 bridgehead atoms. The Hall–Kier alpha value is -2.04. The zero-order valence-corrected chi connectivity index (χ0v) is 9.98. The van der Waals surface area contributed by atoms with Gasteiger partial charge in [-0.25, -0.2) is 9.59 Å². The van der Waals surface area contributed by atoms with E-state index in [4.69, 9.17) is 4.74 Å². The monoisotopic (exact) mass is 238 g/mol. The molecular formula is C12H14O5. The van der Waals surface area contributed by atoms with Crippen molar-refractivity contribution in [1.29, 1.82) is 0 Å². The summed E-state index contributed by atoms with van der Waals surface area (Å²) in [4.78, 5) is 23.3. The molecule has 17 heavy (non-hydrogen) atoms. The minimum atomic E-state index is -0.585. The van der Waals surface area contributed by atoms with Crippen LogP contribution in [0.15, 0.2) is 35.3 Å². The van der Waals surface area contributed by atoms with E-state index in [0.29, 0.717) is 5.57 Å². The van der Waals surface area contributed by atoms with Gasteiger partial charge in [0, 0.05) is 6.42 Å². The van der Waals surface area contributed by atoms with Crippen molar-refractivity contribution in [3.8, 4) is 0 Å². The van der Waals surface area contributed by atoms with E-state index in [9.17, 15) is 9.59 Å². The van der Waals surface area contributed by atoms with Crippen molar-refractivity contribution in [2.24, 2.45) is 0 Å². The molecule has 0 spiro atoms. The van der Waals surface area contributed by atoms with Gasteiger partial charge < -0.3 is 14.2 Å².